The molecule has 2 N–H and O–H groups in total. The molecule has 1 aromatic carbocycles. The van der Waals surface area contributed by atoms with Gasteiger partial charge in [-0.25, -0.2) is 17.6 Å². The Morgan fingerprint density at radius 2 is 2.18 bits per heavy atom. The van der Waals surface area contributed by atoms with E-state index >= 15 is 0 Å². The van der Waals surface area contributed by atoms with Gasteiger partial charge in [0.25, 0.3) is 0 Å². The number of rotatable bonds is 6. The van der Waals surface area contributed by atoms with Crippen LogP contribution < -0.4 is 9.62 Å². The van der Waals surface area contributed by atoms with Gasteiger partial charge < -0.3 is 10.0 Å². The average molecular weight is 447 g/mol. The fourth-order valence-electron chi connectivity index (χ4n) is 2.84. The number of alkyl halides is 1. The van der Waals surface area contributed by atoms with Crippen LogP contribution in [-0.2, 0) is 14.8 Å². The standard InChI is InChI=1S/C17H16ClFN2O5S2/c18-15-4-2-11(27-15)6-8-28(25,26)20-13-5-7-21(16(13)22)14-3-1-10(17(23)24)9-12(14)19/h1-3,6,8-9,13,15,20H,4-5,7H2,(H,23,24)/b8-6+. The van der Waals surface area contributed by atoms with Gasteiger partial charge in [-0.3, -0.25) is 4.79 Å². The summed E-state index contributed by atoms with van der Waals surface area (Å²) in [6.07, 6.45) is 4.03. The second-order valence-electron chi connectivity index (χ2n) is 6.14. The lowest BCUT2D eigenvalue weighted by molar-refractivity contribution is -0.118. The molecule has 1 saturated heterocycles. The number of hydrogen-bond acceptors (Lipinski definition) is 5. The fourth-order valence-corrected chi connectivity index (χ4v) is 5.17. The molecular formula is C17H16ClFN2O5S2. The van der Waals surface area contributed by atoms with Crippen LogP contribution in [0.4, 0.5) is 10.1 Å². The molecule has 0 bridgehead atoms. The lowest BCUT2D eigenvalue weighted by Crippen LogP contribution is -2.40. The van der Waals surface area contributed by atoms with Crippen molar-refractivity contribution in [3.8, 4) is 0 Å². The Balaban J connectivity index is 1.68. The zero-order valence-corrected chi connectivity index (χ0v) is 16.7. The monoisotopic (exact) mass is 446 g/mol. The van der Waals surface area contributed by atoms with Crippen LogP contribution in [0, 0.1) is 5.82 Å². The van der Waals surface area contributed by atoms with Gasteiger partial charge in [-0.1, -0.05) is 6.08 Å². The van der Waals surface area contributed by atoms with Crippen LogP contribution >= 0.6 is 23.4 Å². The molecule has 2 aliphatic rings. The number of carboxylic acid groups (broad SMARTS) is 1. The third kappa shape index (κ3) is 4.75. The molecule has 11 heteroatoms. The van der Waals surface area contributed by atoms with Crippen LogP contribution in [0.1, 0.15) is 23.2 Å². The summed E-state index contributed by atoms with van der Waals surface area (Å²) in [6.45, 7) is 0.105. The number of carbonyl (C=O) groups excluding carboxylic acids is 1. The molecule has 150 valence electrons. The quantitative estimate of drug-likeness (QED) is 0.651. The molecule has 7 nitrogen and oxygen atoms in total. The molecule has 1 amide bonds. The number of nitrogens with one attached hydrogen (secondary N) is 1. The van der Waals surface area contributed by atoms with E-state index in [4.69, 9.17) is 16.7 Å². The number of thioether (sulfide) groups is 1. The molecule has 0 aromatic heterocycles. The van der Waals surface area contributed by atoms with Crippen molar-refractivity contribution in [2.75, 3.05) is 11.4 Å². The minimum Gasteiger partial charge on any atom is -0.478 e. The number of carboxylic acids is 1. The van der Waals surface area contributed by atoms with E-state index in [9.17, 15) is 22.4 Å². The maximum Gasteiger partial charge on any atom is 0.335 e. The third-order valence-corrected chi connectivity index (χ3v) is 6.75. The van der Waals surface area contributed by atoms with Crippen LogP contribution in [0.3, 0.4) is 0 Å². The maximum absolute atomic E-state index is 14.2. The Kier molecular flexibility index (Phi) is 6.13. The topological polar surface area (TPSA) is 104 Å². The van der Waals surface area contributed by atoms with Crippen LogP contribution in [0.2, 0.25) is 0 Å². The number of sulfonamides is 1. The van der Waals surface area contributed by atoms with Gasteiger partial charge in [-0.2, -0.15) is 4.72 Å². The first-order valence-corrected chi connectivity index (χ1v) is 11.1. The van der Waals surface area contributed by atoms with Crippen molar-refractivity contribution in [1.29, 1.82) is 0 Å². The van der Waals surface area contributed by atoms with Crippen molar-refractivity contribution < 1.29 is 27.5 Å². The number of hydrogen-bond donors (Lipinski definition) is 2. The van der Waals surface area contributed by atoms with Gasteiger partial charge in [0.1, 0.15) is 11.9 Å². The van der Waals surface area contributed by atoms with Crippen LogP contribution in [-0.4, -0.2) is 42.7 Å². The largest absolute Gasteiger partial charge is 0.478 e. The normalized spacial score (nSPS) is 22.9. The molecular weight excluding hydrogens is 431 g/mol. The van der Waals surface area contributed by atoms with Crippen molar-refractivity contribution in [2.24, 2.45) is 0 Å². The fraction of sp³-hybridized carbons (Fsp3) is 0.294. The molecule has 2 unspecified atom stereocenters. The summed E-state index contributed by atoms with van der Waals surface area (Å²) in [5.41, 5.74) is -0.332. The van der Waals surface area contributed by atoms with Gasteiger partial charge >= 0.3 is 5.97 Å². The first kappa shape index (κ1) is 20.8. The molecule has 2 aliphatic heterocycles. The highest BCUT2D eigenvalue weighted by atomic mass is 35.5. The van der Waals surface area contributed by atoms with Gasteiger partial charge in [0.2, 0.25) is 15.9 Å². The third-order valence-electron chi connectivity index (χ3n) is 4.18. The zero-order valence-electron chi connectivity index (χ0n) is 14.3. The number of aromatic carboxylic acids is 1. The summed E-state index contributed by atoms with van der Waals surface area (Å²) >= 11 is 7.27. The Morgan fingerprint density at radius 3 is 2.79 bits per heavy atom. The highest BCUT2D eigenvalue weighted by molar-refractivity contribution is 8.05. The number of amides is 1. The first-order valence-electron chi connectivity index (χ1n) is 8.22. The summed E-state index contributed by atoms with van der Waals surface area (Å²) in [6, 6.07) is 2.17. The summed E-state index contributed by atoms with van der Waals surface area (Å²) < 4.78 is 40.8. The van der Waals surface area contributed by atoms with E-state index in [0.29, 0.717) is 6.42 Å². The SMILES string of the molecule is O=C(O)c1ccc(N2CCC(NS(=O)(=O)/C=C/C3=CCC(Cl)S3)C2=O)c(F)c1. The van der Waals surface area contributed by atoms with Gasteiger partial charge in [-0.05, 0) is 37.1 Å². The van der Waals surface area contributed by atoms with E-state index < -0.39 is 33.8 Å². The maximum atomic E-state index is 14.2. The molecule has 3 rings (SSSR count). The summed E-state index contributed by atoms with van der Waals surface area (Å²) in [5.74, 6) is -2.75. The number of anilines is 1. The second-order valence-corrected chi connectivity index (χ2v) is 9.80. The van der Waals surface area contributed by atoms with Gasteiger partial charge in [0.15, 0.2) is 0 Å². The van der Waals surface area contributed by atoms with Gasteiger partial charge in [0.05, 0.1) is 16.0 Å². The molecule has 2 atom stereocenters. The van der Waals surface area contributed by atoms with E-state index in [2.05, 4.69) is 4.72 Å². The lowest BCUT2D eigenvalue weighted by atomic mass is 10.2. The molecule has 0 radical (unpaired) electrons. The Hall–Kier alpha value is -1.88. The van der Waals surface area contributed by atoms with Crippen LogP contribution in [0.5, 0.6) is 0 Å². The zero-order chi connectivity index (χ0) is 20.5. The predicted octanol–water partition coefficient (Wildman–Crippen LogP) is 2.65. The van der Waals surface area contributed by atoms with E-state index in [1.807, 2.05) is 6.08 Å². The number of benzene rings is 1. The van der Waals surface area contributed by atoms with Crippen molar-refractivity contribution >= 4 is 50.9 Å². The first-order chi connectivity index (χ1) is 13.2. The van der Waals surface area contributed by atoms with Crippen molar-refractivity contribution in [3.05, 3.63) is 52.0 Å². The Morgan fingerprint density at radius 1 is 1.43 bits per heavy atom. The van der Waals surface area contributed by atoms with Gasteiger partial charge in [-0.15, -0.1) is 23.4 Å². The Bertz CT molecular complexity index is 980. The van der Waals surface area contributed by atoms with Crippen molar-refractivity contribution in [3.63, 3.8) is 0 Å². The summed E-state index contributed by atoms with van der Waals surface area (Å²) in [4.78, 5) is 25.2. The average Bonchev–Trinajstić information content (AvgIpc) is 3.19. The molecule has 28 heavy (non-hydrogen) atoms. The molecule has 0 saturated carbocycles. The van der Waals surface area contributed by atoms with Crippen LogP contribution in [0.25, 0.3) is 0 Å². The molecule has 2 heterocycles. The minimum atomic E-state index is -3.88. The van der Waals surface area contributed by atoms with E-state index in [1.165, 1.54) is 30.0 Å². The molecule has 0 spiro atoms. The predicted molar refractivity (Wildman–Crippen MR) is 105 cm³/mol. The van der Waals surface area contributed by atoms with Crippen molar-refractivity contribution in [2.45, 2.75) is 23.6 Å². The van der Waals surface area contributed by atoms with E-state index in [1.54, 1.807) is 0 Å². The summed E-state index contributed by atoms with van der Waals surface area (Å²) in [5, 5.41) is 9.86. The molecule has 1 fully saturated rings. The highest BCUT2D eigenvalue weighted by Gasteiger charge is 2.36. The molecule has 0 aliphatic carbocycles. The lowest BCUT2D eigenvalue weighted by Gasteiger charge is -2.18. The van der Waals surface area contributed by atoms with E-state index in [-0.39, 0.29) is 28.9 Å². The van der Waals surface area contributed by atoms with Gasteiger partial charge in [0, 0.05) is 16.9 Å². The minimum absolute atomic E-state index is 0.0899. The second kappa shape index (κ2) is 8.24. The number of carbonyl (C=O) groups is 2. The summed E-state index contributed by atoms with van der Waals surface area (Å²) in [7, 11) is -3.88. The highest BCUT2D eigenvalue weighted by Crippen LogP contribution is 2.35. The van der Waals surface area contributed by atoms with E-state index in [0.717, 1.165) is 21.3 Å². The smallest absolute Gasteiger partial charge is 0.335 e. The number of halogens is 2. The number of nitrogens with zero attached hydrogens (tertiary/aromatic N) is 1. The van der Waals surface area contributed by atoms with Crippen LogP contribution in [0.15, 0.2) is 40.7 Å². The van der Waals surface area contributed by atoms with Crippen molar-refractivity contribution in [1.82, 2.24) is 4.72 Å². The number of allylic oxidation sites excluding steroid dienone is 2. The molecule has 1 aromatic rings. The Labute approximate surface area is 170 Å².